The van der Waals surface area contributed by atoms with Gasteiger partial charge in [0.1, 0.15) is 5.75 Å². The number of hydrogen-bond acceptors (Lipinski definition) is 4. The van der Waals surface area contributed by atoms with Crippen molar-refractivity contribution in [2.75, 3.05) is 13.7 Å². The number of aromatic nitrogens is 1. The van der Waals surface area contributed by atoms with E-state index in [1.54, 1.807) is 7.05 Å². The first-order valence-electron chi connectivity index (χ1n) is 9.24. The van der Waals surface area contributed by atoms with Crippen molar-refractivity contribution in [2.24, 2.45) is 4.99 Å². The summed E-state index contributed by atoms with van der Waals surface area (Å²) in [6.45, 7) is 8.31. The molecule has 26 heavy (non-hydrogen) atoms. The molecule has 0 atom stereocenters. The average Bonchev–Trinajstić information content (AvgIpc) is 3.12. The predicted octanol–water partition coefficient (Wildman–Crippen LogP) is 3.84. The summed E-state index contributed by atoms with van der Waals surface area (Å²) < 4.78 is 11.1. The normalized spacial score (nSPS) is 11.7. The van der Waals surface area contributed by atoms with Crippen molar-refractivity contribution < 1.29 is 9.26 Å². The molecule has 0 saturated heterocycles. The highest BCUT2D eigenvalue weighted by Gasteiger charge is 2.08. The molecule has 0 amide bonds. The van der Waals surface area contributed by atoms with Gasteiger partial charge in [-0.15, -0.1) is 0 Å². The van der Waals surface area contributed by atoms with Crippen molar-refractivity contribution >= 4 is 5.96 Å². The van der Waals surface area contributed by atoms with Crippen LogP contribution in [0, 0.1) is 0 Å². The van der Waals surface area contributed by atoms with Gasteiger partial charge in [-0.1, -0.05) is 44.5 Å². The maximum atomic E-state index is 5.75. The lowest BCUT2D eigenvalue weighted by Crippen LogP contribution is -2.36. The lowest BCUT2D eigenvalue weighted by molar-refractivity contribution is 0.309. The van der Waals surface area contributed by atoms with Crippen molar-refractivity contribution in [3.8, 4) is 5.75 Å². The molecule has 1 heterocycles. The SMILES string of the molecule is CCCCOc1cccc(CNC(=NC)NCc2cc(C(C)C)no2)c1. The first-order valence-corrected chi connectivity index (χ1v) is 9.24. The molecule has 0 saturated carbocycles. The van der Waals surface area contributed by atoms with Crippen LogP contribution in [0.1, 0.15) is 56.5 Å². The summed E-state index contributed by atoms with van der Waals surface area (Å²) in [6, 6.07) is 10.1. The molecule has 0 unspecified atom stereocenters. The van der Waals surface area contributed by atoms with E-state index in [1.807, 2.05) is 18.2 Å². The van der Waals surface area contributed by atoms with Gasteiger partial charge >= 0.3 is 0 Å². The molecule has 6 nitrogen and oxygen atoms in total. The Balaban J connectivity index is 1.81. The molecule has 1 aromatic carbocycles. The van der Waals surface area contributed by atoms with E-state index >= 15 is 0 Å². The molecule has 2 aromatic rings. The first-order chi connectivity index (χ1) is 12.6. The third-order valence-electron chi connectivity index (χ3n) is 3.95. The van der Waals surface area contributed by atoms with Gasteiger partial charge in [0, 0.05) is 19.7 Å². The fourth-order valence-electron chi connectivity index (χ4n) is 2.34. The Hall–Kier alpha value is -2.50. The Bertz CT molecular complexity index is 695. The fraction of sp³-hybridized carbons (Fsp3) is 0.500. The zero-order valence-electron chi connectivity index (χ0n) is 16.2. The molecule has 2 rings (SSSR count). The Morgan fingerprint density at radius 3 is 2.73 bits per heavy atom. The van der Waals surface area contributed by atoms with Crippen LogP contribution < -0.4 is 15.4 Å². The molecular weight excluding hydrogens is 328 g/mol. The zero-order valence-corrected chi connectivity index (χ0v) is 16.2. The van der Waals surface area contributed by atoms with Crippen molar-refractivity contribution in [1.82, 2.24) is 15.8 Å². The second kappa shape index (κ2) is 10.5. The number of nitrogens with zero attached hydrogens (tertiary/aromatic N) is 2. The molecular formula is C20H30N4O2. The number of guanidine groups is 1. The van der Waals surface area contributed by atoms with Crippen LogP contribution in [0.25, 0.3) is 0 Å². The van der Waals surface area contributed by atoms with Gasteiger partial charge in [-0.2, -0.15) is 0 Å². The van der Waals surface area contributed by atoms with Crippen LogP contribution in [0.3, 0.4) is 0 Å². The molecule has 0 fully saturated rings. The third-order valence-corrected chi connectivity index (χ3v) is 3.95. The Labute approximate surface area is 156 Å². The molecule has 6 heteroatoms. The van der Waals surface area contributed by atoms with E-state index in [1.165, 1.54) is 0 Å². The molecule has 0 radical (unpaired) electrons. The van der Waals surface area contributed by atoms with Crippen LogP contribution in [0.2, 0.25) is 0 Å². The van der Waals surface area contributed by atoms with Crippen molar-refractivity contribution in [1.29, 1.82) is 0 Å². The summed E-state index contributed by atoms with van der Waals surface area (Å²) in [6.07, 6.45) is 2.20. The van der Waals surface area contributed by atoms with Crippen LogP contribution in [0.5, 0.6) is 5.75 Å². The third kappa shape index (κ3) is 6.43. The molecule has 0 bridgehead atoms. The Morgan fingerprint density at radius 1 is 1.23 bits per heavy atom. The lowest BCUT2D eigenvalue weighted by Gasteiger charge is -2.12. The largest absolute Gasteiger partial charge is 0.494 e. The van der Waals surface area contributed by atoms with Crippen molar-refractivity contribution in [2.45, 2.75) is 52.6 Å². The van der Waals surface area contributed by atoms with E-state index in [2.05, 4.69) is 53.7 Å². The Kier molecular flexibility index (Phi) is 7.99. The van der Waals surface area contributed by atoms with Gasteiger partial charge < -0.3 is 19.9 Å². The number of hydrogen-bond donors (Lipinski definition) is 2. The number of aliphatic imine (C=N–C) groups is 1. The number of ether oxygens (including phenoxy) is 1. The van der Waals surface area contributed by atoms with Gasteiger partial charge in [0.05, 0.1) is 18.8 Å². The van der Waals surface area contributed by atoms with Crippen LogP contribution in [-0.4, -0.2) is 24.8 Å². The molecule has 0 spiro atoms. The number of nitrogens with one attached hydrogen (secondary N) is 2. The molecule has 142 valence electrons. The van der Waals surface area contributed by atoms with Gasteiger partial charge in [-0.25, -0.2) is 0 Å². The van der Waals surface area contributed by atoms with Gasteiger partial charge in [0.25, 0.3) is 0 Å². The minimum atomic E-state index is 0.358. The Morgan fingerprint density at radius 2 is 2.04 bits per heavy atom. The number of benzene rings is 1. The fourth-order valence-corrected chi connectivity index (χ4v) is 2.34. The topological polar surface area (TPSA) is 71.7 Å². The summed E-state index contributed by atoms with van der Waals surface area (Å²) >= 11 is 0. The highest BCUT2D eigenvalue weighted by atomic mass is 16.5. The van der Waals surface area contributed by atoms with E-state index in [9.17, 15) is 0 Å². The van der Waals surface area contributed by atoms with Crippen LogP contribution in [0.4, 0.5) is 0 Å². The van der Waals surface area contributed by atoms with E-state index < -0.39 is 0 Å². The van der Waals surface area contributed by atoms with Crippen LogP contribution in [-0.2, 0) is 13.1 Å². The number of unbranched alkanes of at least 4 members (excludes halogenated alkanes) is 1. The zero-order chi connectivity index (χ0) is 18.8. The minimum Gasteiger partial charge on any atom is -0.494 e. The summed E-state index contributed by atoms with van der Waals surface area (Å²) in [5, 5.41) is 10.6. The van der Waals surface area contributed by atoms with Gasteiger partial charge in [-0.3, -0.25) is 4.99 Å². The molecule has 2 N–H and O–H groups in total. The molecule has 0 aliphatic heterocycles. The van der Waals surface area contributed by atoms with Crippen molar-refractivity contribution in [3.63, 3.8) is 0 Å². The summed E-state index contributed by atoms with van der Waals surface area (Å²) in [4.78, 5) is 4.24. The number of rotatable bonds is 9. The van der Waals surface area contributed by atoms with E-state index in [4.69, 9.17) is 9.26 Å². The second-order valence-corrected chi connectivity index (χ2v) is 6.50. The quantitative estimate of drug-likeness (QED) is 0.405. The van der Waals surface area contributed by atoms with E-state index in [-0.39, 0.29) is 0 Å². The van der Waals surface area contributed by atoms with Gasteiger partial charge in [-0.05, 0) is 30.0 Å². The molecule has 0 aliphatic rings. The monoisotopic (exact) mass is 358 g/mol. The first kappa shape index (κ1) is 19.8. The van der Waals surface area contributed by atoms with Crippen LogP contribution >= 0.6 is 0 Å². The molecule has 0 aliphatic carbocycles. The average molecular weight is 358 g/mol. The maximum Gasteiger partial charge on any atom is 0.191 e. The van der Waals surface area contributed by atoms with E-state index in [0.717, 1.165) is 42.2 Å². The van der Waals surface area contributed by atoms with E-state index in [0.29, 0.717) is 25.0 Å². The summed E-state index contributed by atoms with van der Waals surface area (Å²) in [5.74, 6) is 2.77. The summed E-state index contributed by atoms with van der Waals surface area (Å²) in [5.41, 5.74) is 2.10. The smallest absolute Gasteiger partial charge is 0.191 e. The van der Waals surface area contributed by atoms with Gasteiger partial charge in [0.15, 0.2) is 11.7 Å². The second-order valence-electron chi connectivity index (χ2n) is 6.50. The van der Waals surface area contributed by atoms with Crippen molar-refractivity contribution in [3.05, 3.63) is 47.3 Å². The predicted molar refractivity (Wildman–Crippen MR) is 104 cm³/mol. The summed E-state index contributed by atoms with van der Waals surface area (Å²) in [7, 11) is 1.75. The molecule has 1 aromatic heterocycles. The maximum absolute atomic E-state index is 5.75. The minimum absolute atomic E-state index is 0.358. The highest BCUT2D eigenvalue weighted by molar-refractivity contribution is 5.79. The highest BCUT2D eigenvalue weighted by Crippen LogP contribution is 2.14. The van der Waals surface area contributed by atoms with Gasteiger partial charge in [0.2, 0.25) is 0 Å². The van der Waals surface area contributed by atoms with Crippen LogP contribution in [0.15, 0.2) is 39.8 Å². The standard InChI is InChI=1S/C20H30N4O2/c1-5-6-10-25-17-9-7-8-16(11-17)13-22-20(21-4)23-14-18-12-19(15(2)3)24-26-18/h7-9,11-12,15H,5-6,10,13-14H2,1-4H3,(H2,21,22,23). The lowest BCUT2D eigenvalue weighted by atomic mass is 10.1.